The molecule has 1 amide bonds. The molecular formula is C14H14BrFN2O4. The number of amides is 1. The highest BCUT2D eigenvalue weighted by Gasteiger charge is 2.34. The van der Waals surface area contributed by atoms with Gasteiger partial charge in [0.15, 0.2) is 0 Å². The van der Waals surface area contributed by atoms with Crippen LogP contribution >= 0.6 is 15.9 Å². The van der Waals surface area contributed by atoms with E-state index in [1.54, 1.807) is 0 Å². The zero-order chi connectivity index (χ0) is 16.3. The van der Waals surface area contributed by atoms with Crippen molar-refractivity contribution >= 4 is 33.5 Å². The Morgan fingerprint density at radius 3 is 2.86 bits per heavy atom. The van der Waals surface area contributed by atoms with Gasteiger partial charge in [-0.2, -0.15) is 0 Å². The van der Waals surface area contributed by atoms with Gasteiger partial charge in [0, 0.05) is 12.2 Å². The van der Waals surface area contributed by atoms with Crippen LogP contribution < -0.4 is 5.32 Å². The van der Waals surface area contributed by atoms with Crippen molar-refractivity contribution < 1.29 is 23.8 Å². The van der Waals surface area contributed by atoms with Crippen LogP contribution in [0.3, 0.4) is 0 Å². The fraction of sp³-hybridized carbons (Fsp3) is 0.286. The maximum absolute atomic E-state index is 13.2. The van der Waals surface area contributed by atoms with E-state index in [0.717, 1.165) is 0 Å². The minimum absolute atomic E-state index is 0.0523. The zero-order valence-electron chi connectivity index (χ0n) is 11.7. The zero-order valence-corrected chi connectivity index (χ0v) is 13.3. The van der Waals surface area contributed by atoms with E-state index in [2.05, 4.69) is 26.0 Å². The molecule has 0 saturated heterocycles. The van der Waals surface area contributed by atoms with Crippen LogP contribution in [0, 0.1) is 5.82 Å². The van der Waals surface area contributed by atoms with Crippen molar-refractivity contribution in [3.63, 3.8) is 0 Å². The molecule has 1 heterocycles. The Morgan fingerprint density at radius 2 is 2.27 bits per heavy atom. The molecule has 0 fully saturated rings. The van der Waals surface area contributed by atoms with E-state index in [1.807, 2.05) is 0 Å². The Hall–Kier alpha value is -1.93. The fourth-order valence-corrected chi connectivity index (χ4v) is 2.45. The molecule has 0 saturated carbocycles. The molecule has 0 bridgehead atoms. The monoisotopic (exact) mass is 372 g/mol. The number of esters is 1. The van der Waals surface area contributed by atoms with Crippen LogP contribution in [-0.4, -0.2) is 48.7 Å². The van der Waals surface area contributed by atoms with E-state index in [1.165, 1.54) is 30.2 Å². The van der Waals surface area contributed by atoms with Crippen LogP contribution in [0.1, 0.15) is 0 Å². The van der Waals surface area contributed by atoms with Gasteiger partial charge in [0.1, 0.15) is 11.5 Å². The first kappa shape index (κ1) is 16.4. The Labute approximate surface area is 134 Å². The van der Waals surface area contributed by atoms with Gasteiger partial charge in [0.05, 0.1) is 30.3 Å². The molecule has 1 aromatic rings. The number of hydrogen-bond donors (Lipinski definition) is 2. The lowest BCUT2D eigenvalue weighted by atomic mass is 10.2. The smallest absolute Gasteiger partial charge is 0.337 e. The summed E-state index contributed by atoms with van der Waals surface area (Å²) in [7, 11) is 1.22. The van der Waals surface area contributed by atoms with Crippen molar-refractivity contribution in [2.75, 3.05) is 32.1 Å². The SMILES string of the molecule is COC(=O)C1=C(Nc2ccc(F)c(Br)c2)C(=O)N(CCO)C1. The number of halogens is 2. The van der Waals surface area contributed by atoms with Gasteiger partial charge in [-0.25, -0.2) is 9.18 Å². The predicted octanol–water partition coefficient (Wildman–Crippen LogP) is 1.26. The number of aliphatic hydroxyl groups excluding tert-OH is 1. The van der Waals surface area contributed by atoms with Crippen molar-refractivity contribution in [2.45, 2.75) is 0 Å². The number of carbonyl (C=O) groups is 2. The van der Waals surface area contributed by atoms with E-state index in [0.29, 0.717) is 5.69 Å². The fourth-order valence-electron chi connectivity index (χ4n) is 2.07. The third kappa shape index (κ3) is 3.28. The molecule has 2 N–H and O–H groups in total. The first-order valence-corrected chi connectivity index (χ1v) is 7.21. The summed E-state index contributed by atoms with van der Waals surface area (Å²) in [5, 5.41) is 11.8. The highest BCUT2D eigenvalue weighted by atomic mass is 79.9. The number of carbonyl (C=O) groups excluding carboxylic acids is 2. The lowest BCUT2D eigenvalue weighted by molar-refractivity contribution is -0.136. The largest absolute Gasteiger partial charge is 0.466 e. The van der Waals surface area contributed by atoms with Crippen molar-refractivity contribution in [3.8, 4) is 0 Å². The lowest BCUT2D eigenvalue weighted by Crippen LogP contribution is -2.31. The van der Waals surface area contributed by atoms with Gasteiger partial charge >= 0.3 is 5.97 Å². The summed E-state index contributed by atoms with van der Waals surface area (Å²) >= 11 is 3.05. The van der Waals surface area contributed by atoms with E-state index < -0.39 is 17.7 Å². The minimum Gasteiger partial charge on any atom is -0.466 e. The number of nitrogens with one attached hydrogen (secondary N) is 1. The van der Waals surface area contributed by atoms with Gasteiger partial charge in [-0.05, 0) is 34.1 Å². The first-order chi connectivity index (χ1) is 10.5. The normalized spacial score (nSPS) is 14.5. The summed E-state index contributed by atoms with van der Waals surface area (Å²) in [4.78, 5) is 25.4. The summed E-state index contributed by atoms with van der Waals surface area (Å²) in [6, 6.07) is 4.14. The van der Waals surface area contributed by atoms with E-state index in [4.69, 9.17) is 5.11 Å². The Balaban J connectivity index is 2.32. The second-order valence-electron chi connectivity index (χ2n) is 4.55. The van der Waals surface area contributed by atoms with Gasteiger partial charge in [-0.3, -0.25) is 4.79 Å². The molecule has 22 heavy (non-hydrogen) atoms. The highest BCUT2D eigenvalue weighted by molar-refractivity contribution is 9.10. The summed E-state index contributed by atoms with van der Waals surface area (Å²) in [5.74, 6) is -1.49. The molecule has 0 aliphatic carbocycles. The Morgan fingerprint density at radius 1 is 1.55 bits per heavy atom. The second kappa shape index (κ2) is 6.89. The summed E-state index contributed by atoms with van der Waals surface area (Å²) in [5.41, 5.74) is 0.684. The maximum atomic E-state index is 13.2. The Bertz CT molecular complexity index is 648. The number of rotatable bonds is 5. The molecule has 2 rings (SSSR count). The van der Waals surface area contributed by atoms with Crippen molar-refractivity contribution in [2.24, 2.45) is 0 Å². The van der Waals surface area contributed by atoms with Crippen LogP contribution in [0.2, 0.25) is 0 Å². The van der Waals surface area contributed by atoms with Crippen LogP contribution in [0.25, 0.3) is 0 Å². The van der Waals surface area contributed by atoms with E-state index >= 15 is 0 Å². The highest BCUT2D eigenvalue weighted by Crippen LogP contribution is 2.25. The number of ether oxygens (including phenoxy) is 1. The van der Waals surface area contributed by atoms with Gasteiger partial charge in [0.25, 0.3) is 5.91 Å². The number of nitrogens with zero attached hydrogens (tertiary/aromatic N) is 1. The van der Waals surface area contributed by atoms with Crippen LogP contribution in [0.15, 0.2) is 33.9 Å². The molecule has 0 aromatic heterocycles. The standard InChI is InChI=1S/C14H14BrFN2O4/c1-22-14(21)9-7-18(4-5-19)13(20)12(9)17-8-2-3-11(16)10(15)6-8/h2-3,6,17,19H,4-5,7H2,1H3. The number of benzene rings is 1. The van der Waals surface area contributed by atoms with Gasteiger partial charge < -0.3 is 20.1 Å². The van der Waals surface area contributed by atoms with Gasteiger partial charge in [0.2, 0.25) is 0 Å². The molecule has 1 aliphatic heterocycles. The predicted molar refractivity (Wildman–Crippen MR) is 80.4 cm³/mol. The van der Waals surface area contributed by atoms with Crippen molar-refractivity contribution in [1.29, 1.82) is 0 Å². The van der Waals surface area contributed by atoms with Crippen LogP contribution in [0.5, 0.6) is 0 Å². The lowest BCUT2D eigenvalue weighted by Gasteiger charge is -2.15. The summed E-state index contributed by atoms with van der Waals surface area (Å²) < 4.78 is 18.2. The quantitative estimate of drug-likeness (QED) is 0.760. The van der Waals surface area contributed by atoms with E-state index in [9.17, 15) is 14.0 Å². The number of aliphatic hydroxyl groups is 1. The number of hydrogen-bond acceptors (Lipinski definition) is 5. The number of anilines is 1. The van der Waals surface area contributed by atoms with Crippen molar-refractivity contribution in [1.82, 2.24) is 4.90 Å². The van der Waals surface area contributed by atoms with Gasteiger partial charge in [-0.1, -0.05) is 0 Å². The molecular weight excluding hydrogens is 359 g/mol. The molecule has 0 unspecified atom stereocenters. The molecule has 1 aliphatic rings. The molecule has 0 atom stereocenters. The molecule has 6 nitrogen and oxygen atoms in total. The molecule has 118 valence electrons. The topological polar surface area (TPSA) is 78.9 Å². The van der Waals surface area contributed by atoms with Crippen LogP contribution in [-0.2, 0) is 14.3 Å². The maximum Gasteiger partial charge on any atom is 0.337 e. The minimum atomic E-state index is -0.627. The summed E-state index contributed by atoms with van der Waals surface area (Å²) in [6.45, 7) is -0.0516. The summed E-state index contributed by atoms with van der Waals surface area (Å²) in [6.07, 6.45) is 0. The molecule has 1 aromatic carbocycles. The number of methoxy groups -OCH3 is 1. The molecule has 8 heteroatoms. The number of β-amino-alcohol motifs (C(OH)–C–C–N with tert-alkyl or cyclic N) is 1. The average molecular weight is 373 g/mol. The van der Waals surface area contributed by atoms with E-state index in [-0.39, 0.29) is 35.4 Å². The molecule has 0 radical (unpaired) electrons. The average Bonchev–Trinajstić information content (AvgIpc) is 2.80. The van der Waals surface area contributed by atoms with Crippen LogP contribution in [0.4, 0.5) is 10.1 Å². The second-order valence-corrected chi connectivity index (χ2v) is 5.40. The van der Waals surface area contributed by atoms with Crippen molar-refractivity contribution in [3.05, 3.63) is 39.8 Å². The first-order valence-electron chi connectivity index (χ1n) is 6.41. The van der Waals surface area contributed by atoms with Gasteiger partial charge in [-0.15, -0.1) is 0 Å². The molecule has 0 spiro atoms. The third-order valence-electron chi connectivity index (χ3n) is 3.14. The third-order valence-corrected chi connectivity index (χ3v) is 3.75. The Kier molecular flexibility index (Phi) is 5.15.